The number of carboxylic acid groups (broad SMARTS) is 1. The van der Waals surface area contributed by atoms with Gasteiger partial charge in [-0.2, -0.15) is 0 Å². The normalized spacial score (nSPS) is 11.8. The fourth-order valence-electron chi connectivity index (χ4n) is 0.953. The van der Waals surface area contributed by atoms with Crippen LogP contribution in [-0.2, 0) is 30.6 Å². The van der Waals surface area contributed by atoms with E-state index in [0.717, 1.165) is 25.7 Å². The van der Waals surface area contributed by atoms with Crippen molar-refractivity contribution in [2.45, 2.75) is 39.5 Å². The van der Waals surface area contributed by atoms with Gasteiger partial charge in [-0.3, -0.25) is 4.79 Å². The smallest absolute Gasteiger partial charge is 0.306 e. The molecule has 0 aromatic heterocycles. The fourth-order valence-corrected chi connectivity index (χ4v) is 0.953. The minimum Gasteiger partial charge on any atom is -0.481 e. The molecule has 0 aromatic carbocycles. The molecule has 11 heavy (non-hydrogen) atoms. The van der Waals surface area contributed by atoms with Crippen LogP contribution in [0.1, 0.15) is 39.5 Å². The molecule has 0 aromatic rings. The summed E-state index contributed by atoms with van der Waals surface area (Å²) < 4.78 is 0. The first-order valence-corrected chi connectivity index (χ1v) is 3.95. The molecular weight excluding hydrogens is 173 g/mol. The second-order valence-electron chi connectivity index (χ2n) is 2.59. The molecular formula is C8H16O2Sc. The summed E-state index contributed by atoms with van der Waals surface area (Å²) in [5, 5.41) is 8.60. The Bertz CT molecular complexity index is 104. The first-order chi connectivity index (χ1) is 4.72. The average molecular weight is 189 g/mol. The number of aliphatic carboxylic acids is 1. The van der Waals surface area contributed by atoms with Gasteiger partial charge in [-0.25, -0.2) is 0 Å². The molecule has 1 N–H and O–H groups in total. The third kappa shape index (κ3) is 6.73. The third-order valence-corrected chi connectivity index (χ3v) is 1.75. The van der Waals surface area contributed by atoms with Gasteiger partial charge in [0.1, 0.15) is 0 Å². The van der Waals surface area contributed by atoms with Crippen LogP contribution in [0.3, 0.4) is 0 Å². The van der Waals surface area contributed by atoms with Crippen molar-refractivity contribution in [3.05, 3.63) is 0 Å². The predicted octanol–water partition coefficient (Wildman–Crippen LogP) is 2.28. The molecule has 63 valence electrons. The number of carboxylic acids is 1. The quantitative estimate of drug-likeness (QED) is 0.720. The van der Waals surface area contributed by atoms with Crippen LogP contribution in [0.2, 0.25) is 0 Å². The second kappa shape index (κ2) is 8.44. The van der Waals surface area contributed by atoms with E-state index in [1.807, 2.05) is 6.92 Å². The maximum Gasteiger partial charge on any atom is 0.306 e. The van der Waals surface area contributed by atoms with Crippen LogP contribution >= 0.6 is 0 Å². The zero-order valence-electron chi connectivity index (χ0n) is 7.34. The molecule has 0 saturated carbocycles. The Labute approximate surface area is 87.2 Å². The number of hydrogen-bond donors (Lipinski definition) is 1. The van der Waals surface area contributed by atoms with Crippen molar-refractivity contribution in [1.82, 2.24) is 0 Å². The molecule has 1 radical (unpaired) electrons. The largest absolute Gasteiger partial charge is 0.481 e. The summed E-state index contributed by atoms with van der Waals surface area (Å²) in [6.07, 6.45) is 3.71. The summed E-state index contributed by atoms with van der Waals surface area (Å²) >= 11 is 0. The van der Waals surface area contributed by atoms with E-state index in [2.05, 4.69) is 6.92 Å². The minimum atomic E-state index is -0.643. The van der Waals surface area contributed by atoms with Crippen molar-refractivity contribution in [3.8, 4) is 0 Å². The zero-order valence-corrected chi connectivity index (χ0v) is 9.14. The van der Waals surface area contributed by atoms with E-state index < -0.39 is 5.97 Å². The minimum absolute atomic E-state index is 0. The van der Waals surface area contributed by atoms with E-state index in [1.54, 1.807) is 0 Å². The Hall–Kier alpha value is 0.340. The van der Waals surface area contributed by atoms with Crippen LogP contribution in [0.5, 0.6) is 0 Å². The average Bonchev–Trinajstić information content (AvgIpc) is 1.89. The Morgan fingerprint density at radius 1 is 1.45 bits per heavy atom. The van der Waals surface area contributed by atoms with Crippen LogP contribution in [0, 0.1) is 5.92 Å². The number of rotatable bonds is 5. The Balaban J connectivity index is 0. The van der Waals surface area contributed by atoms with Crippen LogP contribution in [0.25, 0.3) is 0 Å². The van der Waals surface area contributed by atoms with E-state index in [9.17, 15) is 4.79 Å². The van der Waals surface area contributed by atoms with E-state index in [1.165, 1.54) is 0 Å². The van der Waals surface area contributed by atoms with Crippen LogP contribution in [0.4, 0.5) is 0 Å². The molecule has 0 aliphatic rings. The van der Waals surface area contributed by atoms with Crippen molar-refractivity contribution in [2.75, 3.05) is 0 Å². The fraction of sp³-hybridized carbons (Fsp3) is 0.875. The maximum atomic E-state index is 10.4. The van der Waals surface area contributed by atoms with Gasteiger partial charge in [0.25, 0.3) is 0 Å². The van der Waals surface area contributed by atoms with Gasteiger partial charge in [0.2, 0.25) is 0 Å². The van der Waals surface area contributed by atoms with E-state index in [0.29, 0.717) is 0 Å². The van der Waals surface area contributed by atoms with Gasteiger partial charge in [-0.1, -0.05) is 26.7 Å². The Kier molecular flexibility index (Phi) is 10.7. The van der Waals surface area contributed by atoms with E-state index in [-0.39, 0.29) is 31.8 Å². The molecule has 1 atom stereocenters. The number of unbranched alkanes of at least 4 members (excludes halogenated alkanes) is 1. The van der Waals surface area contributed by atoms with Gasteiger partial charge in [0.05, 0.1) is 5.92 Å². The maximum absolute atomic E-state index is 10.4. The molecule has 2 nitrogen and oxygen atoms in total. The Morgan fingerprint density at radius 3 is 2.27 bits per heavy atom. The van der Waals surface area contributed by atoms with Crippen molar-refractivity contribution in [3.63, 3.8) is 0 Å². The summed E-state index contributed by atoms with van der Waals surface area (Å²) in [4.78, 5) is 10.4. The molecule has 0 aliphatic carbocycles. The predicted molar refractivity (Wildman–Crippen MR) is 40.9 cm³/mol. The van der Waals surface area contributed by atoms with Crippen molar-refractivity contribution in [2.24, 2.45) is 5.92 Å². The van der Waals surface area contributed by atoms with Gasteiger partial charge < -0.3 is 5.11 Å². The van der Waals surface area contributed by atoms with E-state index >= 15 is 0 Å². The van der Waals surface area contributed by atoms with Crippen LogP contribution in [0.15, 0.2) is 0 Å². The zero-order chi connectivity index (χ0) is 7.98. The SMILES string of the molecule is CCCCC(CC)C(=O)O.[Sc]. The van der Waals surface area contributed by atoms with Crippen molar-refractivity contribution < 1.29 is 35.7 Å². The van der Waals surface area contributed by atoms with Crippen molar-refractivity contribution in [1.29, 1.82) is 0 Å². The molecule has 0 fully saturated rings. The van der Waals surface area contributed by atoms with Crippen LogP contribution < -0.4 is 0 Å². The van der Waals surface area contributed by atoms with Crippen LogP contribution in [-0.4, -0.2) is 11.1 Å². The summed E-state index contributed by atoms with van der Waals surface area (Å²) in [5.41, 5.74) is 0. The number of carbonyl (C=O) groups is 1. The third-order valence-electron chi connectivity index (χ3n) is 1.75. The summed E-state index contributed by atoms with van der Waals surface area (Å²) in [6.45, 7) is 4.00. The van der Waals surface area contributed by atoms with Gasteiger partial charge in [-0.05, 0) is 12.8 Å². The topological polar surface area (TPSA) is 37.3 Å². The molecule has 0 rings (SSSR count). The monoisotopic (exact) mass is 189 g/mol. The summed E-state index contributed by atoms with van der Waals surface area (Å²) in [5.74, 6) is -0.754. The molecule has 0 amide bonds. The van der Waals surface area contributed by atoms with E-state index in [4.69, 9.17) is 5.11 Å². The summed E-state index contributed by atoms with van der Waals surface area (Å²) in [6, 6.07) is 0. The van der Waals surface area contributed by atoms with Gasteiger partial charge in [0.15, 0.2) is 0 Å². The molecule has 0 aliphatic heterocycles. The molecule has 0 heterocycles. The standard InChI is InChI=1S/C8H16O2.Sc/c1-3-5-6-7(4-2)8(9)10;/h7H,3-6H2,1-2H3,(H,9,10);. The molecule has 1 unspecified atom stereocenters. The molecule has 0 spiro atoms. The second-order valence-corrected chi connectivity index (χ2v) is 2.59. The van der Waals surface area contributed by atoms with Crippen molar-refractivity contribution >= 4 is 5.97 Å². The molecule has 3 heteroatoms. The molecule has 0 saturated heterocycles. The molecule has 0 bridgehead atoms. The number of hydrogen-bond acceptors (Lipinski definition) is 1. The first kappa shape index (κ1) is 13.9. The Morgan fingerprint density at radius 2 is 2.00 bits per heavy atom. The van der Waals surface area contributed by atoms with Gasteiger partial charge in [0, 0.05) is 25.8 Å². The van der Waals surface area contributed by atoms with Gasteiger partial charge >= 0.3 is 5.97 Å². The van der Waals surface area contributed by atoms with Gasteiger partial charge in [-0.15, -0.1) is 0 Å². The first-order valence-electron chi connectivity index (χ1n) is 3.95. The summed E-state index contributed by atoms with van der Waals surface area (Å²) in [7, 11) is 0.